The Morgan fingerprint density at radius 3 is 2.43 bits per heavy atom. The van der Waals surface area contributed by atoms with E-state index in [1.165, 1.54) is 12.1 Å². The number of hydrogen-bond acceptors (Lipinski definition) is 3. The molecule has 1 heterocycles. The summed E-state index contributed by atoms with van der Waals surface area (Å²) in [6, 6.07) is 12.8. The smallest absolute Gasteiger partial charge is 0.385 e. The number of rotatable bonds is 12. The van der Waals surface area contributed by atoms with E-state index in [4.69, 9.17) is 4.74 Å². The fourth-order valence-electron chi connectivity index (χ4n) is 4.42. The van der Waals surface area contributed by atoms with E-state index in [2.05, 4.69) is 4.98 Å². The van der Waals surface area contributed by atoms with Crippen molar-refractivity contribution in [1.29, 1.82) is 0 Å². The predicted molar refractivity (Wildman–Crippen MR) is 135 cm³/mol. The molecule has 1 N–H and O–H groups in total. The van der Waals surface area contributed by atoms with E-state index in [1.807, 2.05) is 30.5 Å². The van der Waals surface area contributed by atoms with Gasteiger partial charge >= 0.3 is 6.18 Å². The van der Waals surface area contributed by atoms with Crippen molar-refractivity contribution in [3.05, 3.63) is 71.4 Å². The van der Waals surface area contributed by atoms with E-state index in [0.29, 0.717) is 38.1 Å². The van der Waals surface area contributed by atoms with E-state index in [9.17, 15) is 22.8 Å². The van der Waals surface area contributed by atoms with Crippen molar-refractivity contribution in [3.8, 4) is 0 Å². The van der Waals surface area contributed by atoms with E-state index in [1.54, 1.807) is 16.9 Å². The summed E-state index contributed by atoms with van der Waals surface area (Å²) in [6.45, 7) is 1.37. The summed E-state index contributed by atoms with van der Waals surface area (Å²) in [6.07, 6.45) is 0.356. The van der Waals surface area contributed by atoms with Crippen LogP contribution in [-0.2, 0) is 33.5 Å². The molecule has 1 saturated carbocycles. The molecule has 0 bridgehead atoms. The summed E-state index contributed by atoms with van der Waals surface area (Å²) in [5.74, 6) is -0.272. The number of ether oxygens (including phenoxy) is 1. The first-order chi connectivity index (χ1) is 17.8. The number of halogens is 3. The summed E-state index contributed by atoms with van der Waals surface area (Å²) in [7, 11) is 1.59. The maximum atomic E-state index is 13.5. The molecule has 1 fully saturated rings. The van der Waals surface area contributed by atoms with Gasteiger partial charge in [-0.3, -0.25) is 9.59 Å². The van der Waals surface area contributed by atoms with Crippen LogP contribution >= 0.6 is 0 Å². The second-order valence-corrected chi connectivity index (χ2v) is 9.50. The predicted octanol–water partition coefficient (Wildman–Crippen LogP) is 5.03. The fraction of sp³-hybridized carbons (Fsp3) is 0.429. The number of methoxy groups -OCH3 is 1. The molecule has 1 aliphatic carbocycles. The summed E-state index contributed by atoms with van der Waals surface area (Å²) >= 11 is 0. The first-order valence-electron chi connectivity index (χ1n) is 12.5. The number of fused-ring (bicyclic) bond motifs is 1. The number of H-pyrrole nitrogens is 1. The standard InChI is InChI=1S/C28H32F3N3O3/c1-37-16-4-14-34(27(36)21-9-10-21)19-26(35)33(18-20-7-11-23(12-8-20)28(29,30)31)15-13-22-17-32-25-6-3-2-5-24(22)25/h2-3,5-8,11-12,17,21,32H,4,9-10,13-16,18-19H2,1H3. The van der Waals surface area contributed by atoms with Gasteiger partial charge in [-0.2, -0.15) is 13.2 Å². The molecule has 4 rings (SSSR count). The first-order valence-corrected chi connectivity index (χ1v) is 12.5. The van der Waals surface area contributed by atoms with Crippen molar-refractivity contribution in [2.24, 2.45) is 5.92 Å². The van der Waals surface area contributed by atoms with Crippen molar-refractivity contribution in [2.45, 2.75) is 38.4 Å². The van der Waals surface area contributed by atoms with Gasteiger partial charge < -0.3 is 19.5 Å². The van der Waals surface area contributed by atoms with Crippen LogP contribution in [0.3, 0.4) is 0 Å². The van der Waals surface area contributed by atoms with Crippen LogP contribution in [-0.4, -0.2) is 59.9 Å². The van der Waals surface area contributed by atoms with Crippen molar-refractivity contribution in [1.82, 2.24) is 14.8 Å². The zero-order valence-electron chi connectivity index (χ0n) is 20.9. The second kappa shape index (κ2) is 11.8. The van der Waals surface area contributed by atoms with Gasteiger partial charge in [-0.25, -0.2) is 0 Å². The zero-order chi connectivity index (χ0) is 26.4. The molecule has 2 aromatic carbocycles. The largest absolute Gasteiger partial charge is 0.416 e. The third kappa shape index (κ3) is 7.13. The number of aromatic amines is 1. The molecule has 0 atom stereocenters. The van der Waals surface area contributed by atoms with Crippen molar-refractivity contribution >= 4 is 22.7 Å². The molecule has 1 aromatic heterocycles. The Labute approximate surface area is 214 Å². The van der Waals surface area contributed by atoms with Crippen LogP contribution in [0.1, 0.15) is 36.0 Å². The third-order valence-electron chi connectivity index (χ3n) is 6.67. The Bertz CT molecular complexity index is 1200. The van der Waals surface area contributed by atoms with Gasteiger partial charge in [0.15, 0.2) is 0 Å². The Balaban J connectivity index is 1.51. The van der Waals surface area contributed by atoms with E-state index in [0.717, 1.165) is 41.4 Å². The number of benzene rings is 2. The minimum absolute atomic E-state index is 0.0180. The molecule has 2 amide bonds. The minimum Gasteiger partial charge on any atom is -0.385 e. The summed E-state index contributed by atoms with van der Waals surface area (Å²) in [5, 5.41) is 1.06. The van der Waals surface area contributed by atoms with Gasteiger partial charge in [0.1, 0.15) is 0 Å². The lowest BCUT2D eigenvalue weighted by Crippen LogP contribution is -2.44. The lowest BCUT2D eigenvalue weighted by atomic mass is 10.1. The molecular formula is C28H32F3N3O3. The Kier molecular flexibility index (Phi) is 8.53. The SMILES string of the molecule is COCCCN(CC(=O)N(CCc1c[nH]c2ccccc12)Cc1ccc(C(F)(F)F)cc1)C(=O)C1CC1. The number of para-hydroxylation sites is 1. The molecule has 1 aliphatic rings. The molecule has 37 heavy (non-hydrogen) atoms. The van der Waals surface area contributed by atoms with Gasteiger partial charge in [0, 0.05) is 56.4 Å². The normalized spacial score (nSPS) is 13.6. The summed E-state index contributed by atoms with van der Waals surface area (Å²) in [5.41, 5.74) is 1.91. The van der Waals surface area contributed by atoms with Gasteiger partial charge in [-0.1, -0.05) is 30.3 Å². The fourth-order valence-corrected chi connectivity index (χ4v) is 4.42. The van der Waals surface area contributed by atoms with Crippen LogP contribution in [0.2, 0.25) is 0 Å². The van der Waals surface area contributed by atoms with Gasteiger partial charge in [-0.15, -0.1) is 0 Å². The van der Waals surface area contributed by atoms with Crippen molar-refractivity contribution in [3.63, 3.8) is 0 Å². The molecule has 0 unspecified atom stereocenters. The lowest BCUT2D eigenvalue weighted by Gasteiger charge is -2.28. The Hall–Kier alpha value is -3.33. The topological polar surface area (TPSA) is 65.6 Å². The minimum atomic E-state index is -4.42. The van der Waals surface area contributed by atoms with E-state index in [-0.39, 0.29) is 30.8 Å². The van der Waals surface area contributed by atoms with Gasteiger partial charge in [0.2, 0.25) is 11.8 Å². The number of carbonyl (C=O) groups is 2. The number of amides is 2. The molecule has 6 nitrogen and oxygen atoms in total. The maximum absolute atomic E-state index is 13.5. The average molecular weight is 516 g/mol. The highest BCUT2D eigenvalue weighted by Crippen LogP contribution is 2.31. The Morgan fingerprint density at radius 1 is 1.03 bits per heavy atom. The van der Waals surface area contributed by atoms with Crippen molar-refractivity contribution < 1.29 is 27.5 Å². The summed E-state index contributed by atoms with van der Waals surface area (Å²) in [4.78, 5) is 32.8. The van der Waals surface area contributed by atoms with Crippen LogP contribution < -0.4 is 0 Å². The number of carbonyl (C=O) groups excluding carboxylic acids is 2. The first kappa shape index (κ1) is 26.7. The zero-order valence-corrected chi connectivity index (χ0v) is 20.9. The number of hydrogen-bond donors (Lipinski definition) is 1. The Morgan fingerprint density at radius 2 is 1.76 bits per heavy atom. The number of nitrogens with one attached hydrogen (secondary N) is 1. The molecule has 198 valence electrons. The van der Waals surface area contributed by atoms with E-state index >= 15 is 0 Å². The van der Waals surface area contributed by atoms with Crippen LogP contribution in [0.15, 0.2) is 54.7 Å². The quantitative estimate of drug-likeness (QED) is 0.344. The average Bonchev–Trinajstić information content (AvgIpc) is 3.65. The highest BCUT2D eigenvalue weighted by molar-refractivity contribution is 5.87. The maximum Gasteiger partial charge on any atom is 0.416 e. The molecule has 0 spiro atoms. The number of aromatic nitrogens is 1. The highest BCUT2D eigenvalue weighted by Gasteiger charge is 2.34. The highest BCUT2D eigenvalue weighted by atomic mass is 19.4. The monoisotopic (exact) mass is 515 g/mol. The number of alkyl halides is 3. The molecule has 9 heteroatoms. The van der Waals surface area contributed by atoms with Gasteiger partial charge in [0.05, 0.1) is 12.1 Å². The second-order valence-electron chi connectivity index (χ2n) is 9.50. The van der Waals surface area contributed by atoms with E-state index < -0.39 is 11.7 Å². The molecular weight excluding hydrogens is 483 g/mol. The van der Waals surface area contributed by atoms with Crippen LogP contribution in [0, 0.1) is 5.92 Å². The summed E-state index contributed by atoms with van der Waals surface area (Å²) < 4.78 is 44.2. The molecule has 0 saturated heterocycles. The van der Waals surface area contributed by atoms with Crippen molar-refractivity contribution in [2.75, 3.05) is 33.4 Å². The molecule has 0 aliphatic heterocycles. The van der Waals surface area contributed by atoms with Crippen LogP contribution in [0.25, 0.3) is 10.9 Å². The number of nitrogens with zero attached hydrogens (tertiary/aromatic N) is 2. The molecule has 0 radical (unpaired) electrons. The van der Waals surface area contributed by atoms with Gasteiger partial charge in [-0.05, 0) is 55.0 Å². The molecule has 3 aromatic rings. The van der Waals surface area contributed by atoms with Gasteiger partial charge in [0.25, 0.3) is 0 Å². The lowest BCUT2D eigenvalue weighted by molar-refractivity contribution is -0.141. The van der Waals surface area contributed by atoms with Crippen LogP contribution in [0.5, 0.6) is 0 Å². The third-order valence-corrected chi connectivity index (χ3v) is 6.67. The van der Waals surface area contributed by atoms with Crippen LogP contribution in [0.4, 0.5) is 13.2 Å².